The van der Waals surface area contributed by atoms with E-state index >= 15 is 0 Å². The first-order valence-corrected chi connectivity index (χ1v) is 5.31. The van der Waals surface area contributed by atoms with Crippen molar-refractivity contribution in [2.75, 3.05) is 0 Å². The van der Waals surface area contributed by atoms with Crippen LogP contribution in [0.3, 0.4) is 0 Å². The molecule has 4 nitrogen and oxygen atoms in total. The molecule has 1 aromatic carbocycles. The summed E-state index contributed by atoms with van der Waals surface area (Å²) in [6.07, 6.45) is 0. The largest absolute Gasteiger partial charge is 0.488 e. The van der Waals surface area contributed by atoms with Crippen molar-refractivity contribution in [2.45, 2.75) is 26.4 Å². The van der Waals surface area contributed by atoms with Crippen LogP contribution in [0.25, 0.3) is 0 Å². The molecule has 0 fully saturated rings. The number of hydrogen-bond donors (Lipinski definition) is 2. The van der Waals surface area contributed by atoms with Gasteiger partial charge in [0.15, 0.2) is 0 Å². The standard InChI is InChI=1S/C11H14BNO3/c1-7(2)13-6-9-8(11(13)14)4-3-5-10(9)12(15)16/h3-5,7,15-16H,6H2,1-2H3. The molecule has 0 radical (unpaired) electrons. The molecule has 1 aliphatic rings. The van der Waals surface area contributed by atoms with E-state index in [9.17, 15) is 14.8 Å². The van der Waals surface area contributed by atoms with Gasteiger partial charge in [0.05, 0.1) is 0 Å². The van der Waals surface area contributed by atoms with Gasteiger partial charge in [-0.3, -0.25) is 4.79 Å². The van der Waals surface area contributed by atoms with E-state index in [2.05, 4.69) is 0 Å². The van der Waals surface area contributed by atoms with E-state index in [0.29, 0.717) is 17.6 Å². The molecule has 2 N–H and O–H groups in total. The molecule has 1 heterocycles. The van der Waals surface area contributed by atoms with Crippen molar-refractivity contribution >= 4 is 18.5 Å². The Labute approximate surface area is 94.7 Å². The molecule has 0 aromatic heterocycles. The van der Waals surface area contributed by atoms with Crippen LogP contribution in [0.4, 0.5) is 0 Å². The van der Waals surface area contributed by atoms with Gasteiger partial charge in [0.1, 0.15) is 0 Å². The lowest BCUT2D eigenvalue weighted by atomic mass is 9.76. The number of hydrogen-bond acceptors (Lipinski definition) is 3. The fourth-order valence-corrected chi connectivity index (χ4v) is 2.04. The molecule has 1 amide bonds. The molecule has 0 atom stereocenters. The predicted octanol–water partition coefficient (Wildman–Crippen LogP) is -0.269. The second-order valence-electron chi connectivity index (χ2n) is 4.27. The maximum absolute atomic E-state index is 12.0. The zero-order valence-corrected chi connectivity index (χ0v) is 9.34. The van der Waals surface area contributed by atoms with Crippen LogP contribution in [0.2, 0.25) is 0 Å². The van der Waals surface area contributed by atoms with Crippen LogP contribution in [0.15, 0.2) is 18.2 Å². The monoisotopic (exact) mass is 219 g/mol. The molecular weight excluding hydrogens is 205 g/mol. The Kier molecular flexibility index (Phi) is 2.74. The quantitative estimate of drug-likeness (QED) is 0.673. The summed E-state index contributed by atoms with van der Waals surface area (Å²) < 4.78 is 0. The first-order valence-electron chi connectivity index (χ1n) is 5.31. The lowest BCUT2D eigenvalue weighted by Gasteiger charge is -2.20. The molecule has 1 aromatic rings. The third-order valence-electron chi connectivity index (χ3n) is 2.93. The Morgan fingerprint density at radius 2 is 2.06 bits per heavy atom. The summed E-state index contributed by atoms with van der Waals surface area (Å²) in [6, 6.07) is 5.16. The molecule has 16 heavy (non-hydrogen) atoms. The highest BCUT2D eigenvalue weighted by molar-refractivity contribution is 6.59. The van der Waals surface area contributed by atoms with Crippen molar-refractivity contribution in [3.05, 3.63) is 29.3 Å². The first-order chi connectivity index (χ1) is 7.52. The van der Waals surface area contributed by atoms with Gasteiger partial charge in [0.25, 0.3) is 5.91 Å². The number of amides is 1. The molecule has 1 aliphatic heterocycles. The average molecular weight is 219 g/mol. The molecule has 0 spiro atoms. The Balaban J connectivity index is 2.47. The SMILES string of the molecule is CC(C)N1Cc2c(B(O)O)cccc2C1=O. The summed E-state index contributed by atoms with van der Waals surface area (Å²) in [5, 5.41) is 18.4. The fourth-order valence-electron chi connectivity index (χ4n) is 2.04. The summed E-state index contributed by atoms with van der Waals surface area (Å²) in [4.78, 5) is 13.7. The number of fused-ring (bicyclic) bond motifs is 1. The normalized spacial score (nSPS) is 14.6. The number of carbonyl (C=O) groups excluding carboxylic acids is 1. The fraction of sp³-hybridized carbons (Fsp3) is 0.364. The Morgan fingerprint density at radius 3 is 2.62 bits per heavy atom. The zero-order valence-electron chi connectivity index (χ0n) is 9.34. The van der Waals surface area contributed by atoms with Gasteiger partial charge < -0.3 is 14.9 Å². The van der Waals surface area contributed by atoms with Crippen LogP contribution in [-0.2, 0) is 6.54 Å². The van der Waals surface area contributed by atoms with Gasteiger partial charge in [-0.1, -0.05) is 12.1 Å². The summed E-state index contributed by atoms with van der Waals surface area (Å²) in [5.74, 6) is -0.0347. The van der Waals surface area contributed by atoms with Crippen LogP contribution >= 0.6 is 0 Å². The van der Waals surface area contributed by atoms with E-state index in [1.165, 1.54) is 0 Å². The molecule has 5 heteroatoms. The highest BCUT2D eigenvalue weighted by Crippen LogP contribution is 2.23. The summed E-state index contributed by atoms with van der Waals surface area (Å²) >= 11 is 0. The highest BCUT2D eigenvalue weighted by atomic mass is 16.4. The molecule has 0 bridgehead atoms. The average Bonchev–Trinajstić information content (AvgIpc) is 2.56. The predicted molar refractivity (Wildman–Crippen MR) is 61.3 cm³/mol. The lowest BCUT2D eigenvalue weighted by molar-refractivity contribution is 0.0730. The van der Waals surface area contributed by atoms with E-state index < -0.39 is 7.12 Å². The van der Waals surface area contributed by atoms with Gasteiger partial charge in [0, 0.05) is 18.2 Å². The van der Waals surface area contributed by atoms with Crippen molar-refractivity contribution in [3.63, 3.8) is 0 Å². The van der Waals surface area contributed by atoms with Crippen molar-refractivity contribution in [2.24, 2.45) is 0 Å². The van der Waals surface area contributed by atoms with E-state index in [1.54, 1.807) is 23.1 Å². The van der Waals surface area contributed by atoms with Crippen LogP contribution in [0, 0.1) is 0 Å². The second kappa shape index (κ2) is 3.92. The van der Waals surface area contributed by atoms with Gasteiger partial charge in [-0.15, -0.1) is 0 Å². The van der Waals surface area contributed by atoms with Gasteiger partial charge in [0.2, 0.25) is 0 Å². The maximum Gasteiger partial charge on any atom is 0.488 e. The zero-order chi connectivity index (χ0) is 11.9. The maximum atomic E-state index is 12.0. The van der Waals surface area contributed by atoms with Gasteiger partial charge in [-0.2, -0.15) is 0 Å². The van der Waals surface area contributed by atoms with Crippen LogP contribution in [0.5, 0.6) is 0 Å². The number of rotatable bonds is 2. The second-order valence-corrected chi connectivity index (χ2v) is 4.27. The van der Waals surface area contributed by atoms with Crippen molar-refractivity contribution in [3.8, 4) is 0 Å². The topological polar surface area (TPSA) is 60.8 Å². The third kappa shape index (κ3) is 1.62. The lowest BCUT2D eigenvalue weighted by Crippen LogP contribution is -2.34. The molecule has 0 aliphatic carbocycles. The number of nitrogens with zero attached hydrogens (tertiary/aromatic N) is 1. The number of carbonyl (C=O) groups is 1. The molecular formula is C11H14BNO3. The Bertz CT molecular complexity index is 431. The van der Waals surface area contributed by atoms with Gasteiger partial charge in [-0.05, 0) is 30.9 Å². The minimum absolute atomic E-state index is 0.0347. The van der Waals surface area contributed by atoms with Gasteiger partial charge >= 0.3 is 7.12 Å². The summed E-state index contributed by atoms with van der Waals surface area (Å²) in [6.45, 7) is 4.34. The van der Waals surface area contributed by atoms with Crippen LogP contribution in [-0.4, -0.2) is 34.0 Å². The first kappa shape index (κ1) is 11.2. The third-order valence-corrected chi connectivity index (χ3v) is 2.93. The Hall–Kier alpha value is -1.33. The number of benzene rings is 1. The minimum Gasteiger partial charge on any atom is -0.423 e. The van der Waals surface area contributed by atoms with E-state index in [1.807, 2.05) is 13.8 Å². The molecule has 0 unspecified atom stereocenters. The summed E-state index contributed by atoms with van der Waals surface area (Å²) in [7, 11) is -1.52. The van der Waals surface area contributed by atoms with Crippen molar-refractivity contribution < 1.29 is 14.8 Å². The summed E-state index contributed by atoms with van der Waals surface area (Å²) in [5.41, 5.74) is 1.74. The minimum atomic E-state index is -1.52. The Morgan fingerprint density at radius 1 is 1.38 bits per heavy atom. The molecule has 0 saturated heterocycles. The van der Waals surface area contributed by atoms with Gasteiger partial charge in [-0.25, -0.2) is 0 Å². The smallest absolute Gasteiger partial charge is 0.423 e. The molecule has 2 rings (SSSR count). The van der Waals surface area contributed by atoms with Crippen LogP contribution in [0.1, 0.15) is 29.8 Å². The van der Waals surface area contributed by atoms with E-state index in [-0.39, 0.29) is 11.9 Å². The van der Waals surface area contributed by atoms with Crippen LogP contribution < -0.4 is 5.46 Å². The molecule has 0 saturated carbocycles. The van der Waals surface area contributed by atoms with E-state index in [4.69, 9.17) is 0 Å². The van der Waals surface area contributed by atoms with Crippen molar-refractivity contribution in [1.29, 1.82) is 0 Å². The van der Waals surface area contributed by atoms with E-state index in [0.717, 1.165) is 5.56 Å². The molecule has 84 valence electrons. The highest BCUT2D eigenvalue weighted by Gasteiger charge is 2.32. The van der Waals surface area contributed by atoms with Crippen molar-refractivity contribution in [1.82, 2.24) is 4.90 Å².